The number of esters is 1. The Morgan fingerprint density at radius 2 is 1.86 bits per heavy atom. The fraction of sp³-hybridized carbons (Fsp3) is 0.417. The SMILES string of the molecule is C#CCC#CCC#CCCC(=O)OC. The van der Waals surface area contributed by atoms with Crippen molar-refractivity contribution in [3.05, 3.63) is 0 Å². The van der Waals surface area contributed by atoms with Crippen LogP contribution in [0.1, 0.15) is 25.7 Å². The third-order valence-electron chi connectivity index (χ3n) is 1.30. The molecule has 0 aliphatic carbocycles. The number of terminal acetylenes is 1. The van der Waals surface area contributed by atoms with Gasteiger partial charge in [-0.25, -0.2) is 0 Å². The largest absolute Gasteiger partial charge is 0.469 e. The van der Waals surface area contributed by atoms with Gasteiger partial charge < -0.3 is 4.74 Å². The van der Waals surface area contributed by atoms with Gasteiger partial charge in [0.05, 0.1) is 26.4 Å². The fourth-order valence-electron chi connectivity index (χ4n) is 0.638. The van der Waals surface area contributed by atoms with Gasteiger partial charge in [-0.1, -0.05) is 23.7 Å². The normalized spacial score (nSPS) is 7.14. The van der Waals surface area contributed by atoms with Crippen molar-refractivity contribution in [3.63, 3.8) is 0 Å². The first kappa shape index (κ1) is 12.2. The molecule has 0 spiro atoms. The zero-order valence-electron chi connectivity index (χ0n) is 8.22. The third-order valence-corrected chi connectivity index (χ3v) is 1.30. The molecule has 0 heterocycles. The van der Waals surface area contributed by atoms with Crippen molar-refractivity contribution in [2.75, 3.05) is 7.11 Å². The van der Waals surface area contributed by atoms with Crippen LogP contribution in [0.4, 0.5) is 0 Å². The summed E-state index contributed by atoms with van der Waals surface area (Å²) in [7, 11) is 1.36. The summed E-state index contributed by atoms with van der Waals surface area (Å²) in [5.74, 6) is 13.4. The molecular formula is C12H12O2. The summed E-state index contributed by atoms with van der Waals surface area (Å²) in [6.07, 6.45) is 6.82. The van der Waals surface area contributed by atoms with Crippen LogP contribution in [0.5, 0.6) is 0 Å². The molecule has 0 aromatic heterocycles. The van der Waals surface area contributed by atoms with E-state index in [-0.39, 0.29) is 5.97 Å². The van der Waals surface area contributed by atoms with E-state index >= 15 is 0 Å². The van der Waals surface area contributed by atoms with Crippen LogP contribution in [0, 0.1) is 36.0 Å². The van der Waals surface area contributed by atoms with Gasteiger partial charge in [-0.3, -0.25) is 4.79 Å². The average molecular weight is 188 g/mol. The topological polar surface area (TPSA) is 26.3 Å². The van der Waals surface area contributed by atoms with Gasteiger partial charge in [0.2, 0.25) is 0 Å². The van der Waals surface area contributed by atoms with Gasteiger partial charge in [0.25, 0.3) is 0 Å². The highest BCUT2D eigenvalue weighted by molar-refractivity contribution is 5.69. The Labute approximate surface area is 85.0 Å². The number of hydrogen-bond donors (Lipinski definition) is 0. The number of ether oxygens (including phenoxy) is 1. The molecule has 0 saturated carbocycles. The molecule has 0 radical (unpaired) electrons. The van der Waals surface area contributed by atoms with Crippen LogP contribution in [-0.4, -0.2) is 13.1 Å². The van der Waals surface area contributed by atoms with Crippen LogP contribution in [0.15, 0.2) is 0 Å². The Bertz CT molecular complexity index is 325. The molecule has 0 fully saturated rings. The van der Waals surface area contributed by atoms with Crippen molar-refractivity contribution in [2.45, 2.75) is 25.7 Å². The first-order chi connectivity index (χ1) is 6.81. The molecule has 14 heavy (non-hydrogen) atoms. The Kier molecular flexibility index (Phi) is 8.02. The number of carbonyl (C=O) groups excluding carboxylic acids is 1. The summed E-state index contributed by atoms with van der Waals surface area (Å²) in [6.45, 7) is 0. The maximum atomic E-state index is 10.6. The van der Waals surface area contributed by atoms with Crippen LogP contribution in [0.2, 0.25) is 0 Å². The lowest BCUT2D eigenvalue weighted by Crippen LogP contribution is -1.98. The predicted molar refractivity (Wildman–Crippen MR) is 54.9 cm³/mol. The highest BCUT2D eigenvalue weighted by atomic mass is 16.5. The number of methoxy groups -OCH3 is 1. The van der Waals surface area contributed by atoms with Gasteiger partial charge in [0, 0.05) is 6.42 Å². The molecule has 0 amide bonds. The summed E-state index contributed by atoms with van der Waals surface area (Å²) >= 11 is 0. The molecule has 0 aliphatic rings. The molecule has 0 atom stereocenters. The van der Waals surface area contributed by atoms with Crippen molar-refractivity contribution < 1.29 is 9.53 Å². The molecule has 0 aromatic carbocycles. The van der Waals surface area contributed by atoms with E-state index in [4.69, 9.17) is 6.42 Å². The highest BCUT2D eigenvalue weighted by Crippen LogP contribution is 1.89. The summed E-state index contributed by atoms with van der Waals surface area (Å²) in [5, 5.41) is 0. The monoisotopic (exact) mass is 188 g/mol. The molecule has 2 nitrogen and oxygen atoms in total. The van der Waals surface area contributed by atoms with Gasteiger partial charge in [-0.2, -0.15) is 0 Å². The van der Waals surface area contributed by atoms with Crippen LogP contribution in [0.25, 0.3) is 0 Å². The van der Waals surface area contributed by atoms with Crippen molar-refractivity contribution in [1.29, 1.82) is 0 Å². The quantitative estimate of drug-likeness (QED) is 0.483. The Balaban J connectivity index is 3.52. The van der Waals surface area contributed by atoms with Crippen molar-refractivity contribution in [2.24, 2.45) is 0 Å². The zero-order chi connectivity index (χ0) is 10.6. The first-order valence-electron chi connectivity index (χ1n) is 4.23. The summed E-state index contributed by atoms with van der Waals surface area (Å²) in [5.41, 5.74) is 0. The van der Waals surface area contributed by atoms with E-state index in [2.05, 4.69) is 34.3 Å². The van der Waals surface area contributed by atoms with E-state index in [1.807, 2.05) is 0 Å². The Morgan fingerprint density at radius 1 is 1.21 bits per heavy atom. The number of rotatable bonds is 2. The predicted octanol–water partition coefficient (Wildman–Crippen LogP) is 1.36. The molecule has 0 N–H and O–H groups in total. The molecule has 0 saturated heterocycles. The van der Waals surface area contributed by atoms with Gasteiger partial charge in [0.1, 0.15) is 0 Å². The lowest BCUT2D eigenvalue weighted by atomic mass is 10.3. The Morgan fingerprint density at radius 3 is 2.50 bits per heavy atom. The molecular weight excluding hydrogens is 176 g/mol. The molecule has 0 aromatic rings. The summed E-state index contributed by atoms with van der Waals surface area (Å²) in [6, 6.07) is 0. The van der Waals surface area contributed by atoms with E-state index in [1.165, 1.54) is 7.11 Å². The second-order valence-corrected chi connectivity index (χ2v) is 2.34. The van der Waals surface area contributed by atoms with Crippen molar-refractivity contribution in [3.8, 4) is 36.0 Å². The van der Waals surface area contributed by atoms with E-state index in [1.54, 1.807) is 0 Å². The molecule has 0 unspecified atom stereocenters. The molecule has 2 heteroatoms. The first-order valence-corrected chi connectivity index (χ1v) is 4.23. The van der Waals surface area contributed by atoms with Gasteiger partial charge >= 0.3 is 5.97 Å². The van der Waals surface area contributed by atoms with E-state index in [0.29, 0.717) is 25.7 Å². The molecule has 0 aliphatic heterocycles. The van der Waals surface area contributed by atoms with Crippen LogP contribution in [-0.2, 0) is 9.53 Å². The van der Waals surface area contributed by atoms with Gasteiger partial charge in [-0.05, 0) is 0 Å². The zero-order valence-corrected chi connectivity index (χ0v) is 8.22. The standard InChI is InChI=1S/C12H12O2/c1-3-4-5-6-7-8-9-10-11-12(13)14-2/h1H,4,7,10-11H2,2H3. The van der Waals surface area contributed by atoms with Crippen LogP contribution < -0.4 is 0 Å². The minimum Gasteiger partial charge on any atom is -0.469 e. The summed E-state index contributed by atoms with van der Waals surface area (Å²) in [4.78, 5) is 10.6. The third kappa shape index (κ3) is 8.25. The van der Waals surface area contributed by atoms with E-state index in [9.17, 15) is 4.79 Å². The lowest BCUT2D eigenvalue weighted by molar-refractivity contribution is -0.140. The second-order valence-electron chi connectivity index (χ2n) is 2.34. The van der Waals surface area contributed by atoms with Crippen LogP contribution in [0.3, 0.4) is 0 Å². The molecule has 0 rings (SSSR count). The van der Waals surface area contributed by atoms with Crippen molar-refractivity contribution in [1.82, 2.24) is 0 Å². The highest BCUT2D eigenvalue weighted by Gasteiger charge is 1.94. The van der Waals surface area contributed by atoms with E-state index in [0.717, 1.165) is 0 Å². The minimum atomic E-state index is -0.238. The Hall–Kier alpha value is -1.85. The van der Waals surface area contributed by atoms with Gasteiger partial charge in [-0.15, -0.1) is 12.3 Å². The van der Waals surface area contributed by atoms with Crippen molar-refractivity contribution >= 4 is 5.97 Å². The van der Waals surface area contributed by atoms with E-state index < -0.39 is 0 Å². The molecule has 0 bridgehead atoms. The maximum absolute atomic E-state index is 10.6. The summed E-state index contributed by atoms with van der Waals surface area (Å²) < 4.78 is 4.45. The van der Waals surface area contributed by atoms with Crippen LogP contribution >= 0.6 is 0 Å². The number of hydrogen-bond acceptors (Lipinski definition) is 2. The smallest absolute Gasteiger partial charge is 0.306 e. The number of carbonyl (C=O) groups is 1. The minimum absolute atomic E-state index is 0.238. The average Bonchev–Trinajstić information content (AvgIpc) is 2.21. The lowest BCUT2D eigenvalue weighted by Gasteiger charge is -1.91. The fourth-order valence-corrected chi connectivity index (χ4v) is 0.638. The van der Waals surface area contributed by atoms with Gasteiger partial charge in [0.15, 0.2) is 0 Å². The maximum Gasteiger partial charge on any atom is 0.306 e. The molecule has 72 valence electrons. The second kappa shape index (κ2) is 9.24.